The lowest BCUT2D eigenvalue weighted by Crippen LogP contribution is -1.09. The summed E-state index contributed by atoms with van der Waals surface area (Å²) in [6.07, 6.45) is 0. The van der Waals surface area contributed by atoms with Gasteiger partial charge in [0, 0.05) is 8.50 Å². The maximum absolute atomic E-state index is 7.89. The second-order valence-corrected chi connectivity index (χ2v) is 4.90. The van der Waals surface area contributed by atoms with Gasteiger partial charge in [0.15, 0.2) is 0 Å². The Hall–Kier alpha value is 1.25. The molecule has 1 nitrogen and oxygen atoms in total. The van der Waals surface area contributed by atoms with Gasteiger partial charge in [-0.15, -0.1) is 8.93 Å². The molecular formula is H5OP3. The van der Waals surface area contributed by atoms with Crippen LogP contribution in [0.1, 0.15) is 0 Å². The predicted octanol–water partition coefficient (Wildman–Crippen LogP) is 0.956. The van der Waals surface area contributed by atoms with Crippen molar-refractivity contribution >= 4 is 25.4 Å². The number of hydrogen-bond acceptors (Lipinski definition) is 1. The van der Waals surface area contributed by atoms with E-state index in [0.29, 0.717) is 7.96 Å². The molecule has 0 radical (unpaired) electrons. The van der Waals surface area contributed by atoms with Gasteiger partial charge in [-0.05, 0) is 0 Å². The molecule has 0 bridgehead atoms. The van der Waals surface area contributed by atoms with Gasteiger partial charge in [-0.1, -0.05) is 7.96 Å². The van der Waals surface area contributed by atoms with Gasteiger partial charge in [-0.25, -0.2) is 0 Å². The van der Waals surface area contributed by atoms with E-state index in [1.165, 1.54) is 0 Å². The maximum Gasteiger partial charge on any atom is 0.0357 e. The smallest absolute Gasteiger partial charge is 0.0357 e. The van der Waals surface area contributed by atoms with E-state index in [4.69, 9.17) is 4.89 Å². The van der Waals surface area contributed by atoms with Gasteiger partial charge in [0.1, 0.15) is 0 Å². The van der Waals surface area contributed by atoms with Crippen LogP contribution in [0.5, 0.6) is 0 Å². The highest BCUT2D eigenvalue weighted by atomic mass is 32.4. The zero-order chi connectivity index (χ0) is 3.41. The van der Waals surface area contributed by atoms with Crippen molar-refractivity contribution in [2.75, 3.05) is 0 Å². The van der Waals surface area contributed by atoms with E-state index in [1.807, 2.05) is 0 Å². The lowest BCUT2D eigenvalue weighted by molar-refractivity contribution is 0.660. The highest BCUT2D eigenvalue weighted by Gasteiger charge is 1.55. The van der Waals surface area contributed by atoms with Crippen molar-refractivity contribution in [1.82, 2.24) is 0 Å². The van der Waals surface area contributed by atoms with Crippen molar-refractivity contribution in [2.24, 2.45) is 0 Å². The van der Waals surface area contributed by atoms with Gasteiger partial charge in [0.2, 0.25) is 0 Å². The summed E-state index contributed by atoms with van der Waals surface area (Å²) < 4.78 is 0. The molecule has 0 saturated carbocycles. The van der Waals surface area contributed by atoms with E-state index in [9.17, 15) is 0 Å². The summed E-state index contributed by atoms with van der Waals surface area (Å²) in [7, 11) is 3.22. The molecule has 0 aliphatic heterocycles. The molecule has 0 heterocycles. The third kappa shape index (κ3) is 3.25. The van der Waals surface area contributed by atoms with Crippen molar-refractivity contribution in [3.8, 4) is 0 Å². The largest absolute Gasteiger partial charge is 0.372 e. The molecule has 26 valence electrons. The zero-order valence-corrected chi connectivity index (χ0v) is 5.18. The monoisotopic (exact) mass is 114 g/mol. The molecule has 4 heavy (non-hydrogen) atoms. The van der Waals surface area contributed by atoms with Crippen LogP contribution in [0.15, 0.2) is 0 Å². The molecule has 0 rings (SSSR count). The van der Waals surface area contributed by atoms with Gasteiger partial charge in [-0.3, -0.25) is 0 Å². The molecule has 0 aromatic heterocycles. The van der Waals surface area contributed by atoms with Crippen molar-refractivity contribution in [3.05, 3.63) is 0 Å². The van der Waals surface area contributed by atoms with Crippen LogP contribution in [0.25, 0.3) is 0 Å². The van der Waals surface area contributed by atoms with Crippen LogP contribution >= 0.6 is 25.4 Å². The molecule has 4 heteroatoms. The van der Waals surface area contributed by atoms with E-state index >= 15 is 0 Å². The fourth-order valence-corrected chi connectivity index (χ4v) is 0. The van der Waals surface area contributed by atoms with E-state index in [2.05, 4.69) is 8.93 Å². The fraction of sp³-hybridized carbons (Fsp3) is 0. The van der Waals surface area contributed by atoms with Crippen LogP contribution in [-0.4, -0.2) is 4.89 Å². The van der Waals surface area contributed by atoms with Crippen LogP contribution in [0.2, 0.25) is 0 Å². The Kier molecular flexibility index (Phi) is 5.58. The Morgan fingerprint density at radius 2 is 2.00 bits per heavy atom. The third-order valence-electron chi connectivity index (χ3n) is 0.0645. The second kappa shape index (κ2) is 4.25. The quantitative estimate of drug-likeness (QED) is 0.503. The second-order valence-electron chi connectivity index (χ2n) is 0.256. The molecular weight excluding hydrogens is 109 g/mol. The van der Waals surface area contributed by atoms with Gasteiger partial charge < -0.3 is 4.89 Å². The lowest BCUT2D eigenvalue weighted by Gasteiger charge is -1.70. The molecule has 0 amide bonds. The highest BCUT2D eigenvalue weighted by molar-refractivity contribution is 8.37. The van der Waals surface area contributed by atoms with Crippen molar-refractivity contribution in [2.45, 2.75) is 0 Å². The Bertz CT molecular complexity index is 5.25. The lowest BCUT2D eigenvalue weighted by atomic mass is 15.9. The summed E-state index contributed by atoms with van der Waals surface area (Å²) in [6, 6.07) is 0. The number of rotatable bonds is 1. The van der Waals surface area contributed by atoms with Crippen molar-refractivity contribution in [1.29, 1.82) is 0 Å². The SMILES string of the molecule is OPPP. The van der Waals surface area contributed by atoms with Crippen LogP contribution < -0.4 is 0 Å². The molecule has 0 aliphatic rings. The molecule has 0 aromatic rings. The van der Waals surface area contributed by atoms with E-state index < -0.39 is 0 Å². The molecule has 3 atom stereocenters. The van der Waals surface area contributed by atoms with Gasteiger partial charge in [0.05, 0.1) is 0 Å². The first kappa shape index (κ1) is 5.25. The molecule has 0 spiro atoms. The first-order valence-corrected chi connectivity index (χ1v) is 5.52. The summed E-state index contributed by atoms with van der Waals surface area (Å²) >= 11 is 0. The molecule has 1 N–H and O–H groups in total. The average Bonchev–Trinajstić information content (AvgIpc) is 1.37. The zero-order valence-electron chi connectivity index (χ0n) is 2.02. The van der Waals surface area contributed by atoms with Crippen molar-refractivity contribution < 1.29 is 4.89 Å². The first-order chi connectivity index (χ1) is 1.91. The summed E-state index contributed by atoms with van der Waals surface area (Å²) in [4.78, 5) is 7.89. The minimum Gasteiger partial charge on any atom is -0.372 e. The normalized spacial score (nSPS) is 13.5. The van der Waals surface area contributed by atoms with Gasteiger partial charge in [-0.2, -0.15) is 0 Å². The minimum atomic E-state index is 0.131. The van der Waals surface area contributed by atoms with E-state index in [0.717, 1.165) is 0 Å². The molecule has 3 unspecified atom stereocenters. The van der Waals surface area contributed by atoms with Gasteiger partial charge in [0.25, 0.3) is 0 Å². The Morgan fingerprint density at radius 1 is 1.75 bits per heavy atom. The van der Waals surface area contributed by atoms with Crippen molar-refractivity contribution in [3.63, 3.8) is 0 Å². The highest BCUT2D eigenvalue weighted by Crippen LogP contribution is 2.39. The van der Waals surface area contributed by atoms with Crippen LogP contribution in [0, 0.1) is 0 Å². The third-order valence-corrected chi connectivity index (χ3v) is 1.74. The fourth-order valence-electron chi connectivity index (χ4n) is 0. The Labute approximate surface area is 31.2 Å². The summed E-state index contributed by atoms with van der Waals surface area (Å²) in [5.74, 6) is 0. The topological polar surface area (TPSA) is 20.2 Å². The van der Waals surface area contributed by atoms with Crippen LogP contribution in [0.3, 0.4) is 0 Å². The average molecular weight is 114 g/mol. The molecule has 0 aliphatic carbocycles. The summed E-state index contributed by atoms with van der Waals surface area (Å²) in [5, 5.41) is 0. The first-order valence-electron chi connectivity index (χ1n) is 0.762. The minimum absolute atomic E-state index is 0.131. The standard InChI is InChI=1S/H5OP3/c1-3-4-2/h1,3-4H,2H2. The Balaban J connectivity index is 1.97. The molecule has 0 fully saturated rings. The summed E-state index contributed by atoms with van der Waals surface area (Å²) in [6.45, 7) is 0. The summed E-state index contributed by atoms with van der Waals surface area (Å²) in [5.41, 5.74) is 0. The van der Waals surface area contributed by atoms with E-state index in [1.54, 1.807) is 0 Å². The Morgan fingerprint density at radius 3 is 2.00 bits per heavy atom. The van der Waals surface area contributed by atoms with Crippen LogP contribution in [0.4, 0.5) is 0 Å². The number of hydrogen-bond donors (Lipinski definition) is 1. The van der Waals surface area contributed by atoms with Gasteiger partial charge >= 0.3 is 0 Å². The molecule has 0 aromatic carbocycles. The van der Waals surface area contributed by atoms with E-state index in [-0.39, 0.29) is 8.50 Å². The van der Waals surface area contributed by atoms with Crippen LogP contribution in [-0.2, 0) is 0 Å². The predicted molar refractivity (Wildman–Crippen MR) is 28.6 cm³/mol. The maximum atomic E-state index is 7.89. The molecule has 0 saturated heterocycles.